The summed E-state index contributed by atoms with van der Waals surface area (Å²) >= 11 is 0. The van der Waals surface area contributed by atoms with Crippen molar-refractivity contribution < 1.29 is 14.7 Å². The van der Waals surface area contributed by atoms with Crippen molar-refractivity contribution in [2.45, 2.75) is 95.9 Å². The number of fused-ring (bicyclic) bond motifs is 1. The van der Waals surface area contributed by atoms with Crippen molar-refractivity contribution >= 4 is 11.8 Å². The zero-order valence-corrected chi connectivity index (χ0v) is 25.0. The maximum Gasteiger partial charge on any atom is 0.237 e. The molecule has 2 aromatic rings. The fourth-order valence-electron chi connectivity index (χ4n) is 7.45. The van der Waals surface area contributed by atoms with Crippen molar-refractivity contribution in [2.24, 2.45) is 17.8 Å². The van der Waals surface area contributed by atoms with Gasteiger partial charge >= 0.3 is 0 Å². The maximum absolute atomic E-state index is 13.8. The van der Waals surface area contributed by atoms with Crippen molar-refractivity contribution in [3.63, 3.8) is 0 Å². The van der Waals surface area contributed by atoms with Crippen molar-refractivity contribution in [2.75, 3.05) is 19.6 Å². The number of carbonyl (C=O) groups excluding carboxylic acids is 2. The molecule has 6 atom stereocenters. The molecular formula is C34H48N4O3. The first-order valence-corrected chi connectivity index (χ1v) is 15.6. The average Bonchev–Trinajstić information content (AvgIpc) is 3.21. The van der Waals surface area contributed by atoms with Gasteiger partial charge in [0.15, 0.2) is 0 Å². The van der Waals surface area contributed by atoms with Crippen LogP contribution in [-0.2, 0) is 22.4 Å². The molecule has 0 radical (unpaired) electrons. The fraction of sp³-hybridized carbons (Fsp3) is 0.618. The van der Waals surface area contributed by atoms with Gasteiger partial charge in [0.1, 0.15) is 0 Å². The van der Waals surface area contributed by atoms with Gasteiger partial charge in [-0.25, -0.2) is 0 Å². The highest BCUT2D eigenvalue weighted by Crippen LogP contribution is 2.39. The van der Waals surface area contributed by atoms with E-state index in [-0.39, 0.29) is 35.4 Å². The Morgan fingerprint density at radius 3 is 2.37 bits per heavy atom. The third-order valence-electron chi connectivity index (χ3n) is 9.33. The first-order chi connectivity index (χ1) is 19.7. The maximum atomic E-state index is 13.8. The topological polar surface area (TPSA) is 85.8 Å². The van der Waals surface area contributed by atoms with E-state index in [4.69, 9.17) is 0 Å². The predicted octanol–water partition coefficient (Wildman–Crippen LogP) is 4.24. The van der Waals surface area contributed by atoms with E-state index in [0.717, 1.165) is 31.4 Å². The second kappa shape index (κ2) is 13.0. The molecule has 2 aliphatic heterocycles. The zero-order chi connectivity index (χ0) is 29.0. The van der Waals surface area contributed by atoms with Gasteiger partial charge in [-0.1, -0.05) is 49.6 Å². The van der Waals surface area contributed by atoms with Crippen LogP contribution >= 0.6 is 0 Å². The van der Waals surface area contributed by atoms with Crippen LogP contribution in [0.15, 0.2) is 54.9 Å². The van der Waals surface area contributed by atoms with E-state index in [2.05, 4.69) is 27.3 Å². The normalized spacial score (nSPS) is 27.9. The minimum absolute atomic E-state index is 0.0375. The number of carbonyl (C=O) groups is 2. The molecule has 1 aromatic carbocycles. The lowest BCUT2D eigenvalue weighted by Crippen LogP contribution is -2.59. The molecule has 7 heteroatoms. The van der Waals surface area contributed by atoms with E-state index in [1.54, 1.807) is 12.4 Å². The lowest BCUT2D eigenvalue weighted by molar-refractivity contribution is -0.136. The Hall–Kier alpha value is -2.77. The smallest absolute Gasteiger partial charge is 0.237 e. The molecule has 7 nitrogen and oxygen atoms in total. The minimum Gasteiger partial charge on any atom is -0.390 e. The van der Waals surface area contributed by atoms with Crippen LogP contribution < -0.4 is 5.32 Å². The first-order valence-electron chi connectivity index (χ1n) is 15.6. The summed E-state index contributed by atoms with van der Waals surface area (Å²) in [5.41, 5.74) is 2.01. The van der Waals surface area contributed by atoms with Gasteiger partial charge < -0.3 is 15.3 Å². The van der Waals surface area contributed by atoms with Gasteiger partial charge in [-0.2, -0.15) is 0 Å². The van der Waals surface area contributed by atoms with Gasteiger partial charge in [-0.15, -0.1) is 0 Å². The van der Waals surface area contributed by atoms with Crippen LogP contribution in [0.2, 0.25) is 0 Å². The van der Waals surface area contributed by atoms with Gasteiger partial charge in [-0.05, 0) is 88.0 Å². The fourth-order valence-corrected chi connectivity index (χ4v) is 7.45. The molecule has 2 N–H and O–H groups in total. The standard InChI is InChI=1S/C34H48N4O3/c1-34(2,3)36-32(40)31-20-26-11-7-8-12-27(26)21-37(31)22-30(39)23-38-29(18-24-9-5-4-6-10-24)19-28(33(38)41)17-25-13-15-35-16-14-25/h4-6,9-10,13-16,26-31,39H,7-8,11-12,17-23H2,1-3H3,(H,36,40)/t26-,27+,28?,29-,30?,31?/m0/s1. The van der Waals surface area contributed by atoms with Gasteiger partial charge in [-0.3, -0.25) is 19.5 Å². The second-order valence-electron chi connectivity index (χ2n) is 13.7. The Labute approximate surface area is 245 Å². The van der Waals surface area contributed by atoms with Gasteiger partial charge in [0.05, 0.1) is 12.1 Å². The number of hydrogen-bond donors (Lipinski definition) is 2. The monoisotopic (exact) mass is 560 g/mol. The van der Waals surface area contributed by atoms with Crippen LogP contribution in [0.25, 0.3) is 0 Å². The number of aliphatic hydroxyl groups excluding tert-OH is 1. The quantitative estimate of drug-likeness (QED) is 0.479. The number of nitrogens with one attached hydrogen (secondary N) is 1. The van der Waals surface area contributed by atoms with Crippen LogP contribution in [0.5, 0.6) is 0 Å². The average molecular weight is 561 g/mol. The molecule has 222 valence electrons. The summed E-state index contributed by atoms with van der Waals surface area (Å²) < 4.78 is 0. The van der Waals surface area contributed by atoms with Crippen molar-refractivity contribution in [3.05, 3.63) is 66.0 Å². The van der Waals surface area contributed by atoms with Crippen LogP contribution in [0, 0.1) is 17.8 Å². The van der Waals surface area contributed by atoms with Crippen LogP contribution in [-0.4, -0.2) is 75.1 Å². The summed E-state index contributed by atoms with van der Waals surface area (Å²) in [5.74, 6) is 1.23. The lowest BCUT2D eigenvalue weighted by atomic mass is 9.72. The first kappa shape index (κ1) is 29.7. The Kier molecular flexibility index (Phi) is 9.45. The number of benzene rings is 1. The number of amides is 2. The molecule has 3 fully saturated rings. The molecule has 1 aliphatic carbocycles. The van der Waals surface area contributed by atoms with E-state index in [0.29, 0.717) is 31.3 Å². The molecule has 3 heterocycles. The molecule has 1 saturated carbocycles. The number of rotatable bonds is 9. The Bertz CT molecular complexity index is 1150. The molecule has 1 aromatic heterocycles. The van der Waals surface area contributed by atoms with E-state index < -0.39 is 6.10 Å². The van der Waals surface area contributed by atoms with E-state index in [9.17, 15) is 14.7 Å². The third kappa shape index (κ3) is 7.75. The number of hydrogen-bond acceptors (Lipinski definition) is 5. The molecular weight excluding hydrogens is 512 g/mol. The molecule has 2 saturated heterocycles. The molecule has 2 amide bonds. The number of β-amino-alcohol motifs (C(OH)–C–C–N with tert-alkyl or cyclic N) is 1. The summed E-state index contributed by atoms with van der Waals surface area (Å²) in [7, 11) is 0. The van der Waals surface area contributed by atoms with Crippen molar-refractivity contribution in [1.82, 2.24) is 20.1 Å². The molecule has 3 unspecified atom stereocenters. The number of aromatic nitrogens is 1. The lowest BCUT2D eigenvalue weighted by Gasteiger charge is -2.46. The van der Waals surface area contributed by atoms with Gasteiger partial charge in [0.2, 0.25) is 11.8 Å². The Morgan fingerprint density at radius 1 is 0.976 bits per heavy atom. The molecule has 0 bridgehead atoms. The number of pyridine rings is 1. The molecule has 5 rings (SSSR count). The van der Waals surface area contributed by atoms with Crippen LogP contribution in [0.4, 0.5) is 0 Å². The summed E-state index contributed by atoms with van der Waals surface area (Å²) in [5, 5.41) is 14.7. The molecule has 3 aliphatic rings. The van der Waals surface area contributed by atoms with Crippen LogP contribution in [0.3, 0.4) is 0 Å². The van der Waals surface area contributed by atoms with E-state index >= 15 is 0 Å². The van der Waals surface area contributed by atoms with E-state index in [1.165, 1.54) is 31.2 Å². The van der Waals surface area contributed by atoms with Gasteiger partial charge in [0, 0.05) is 49.5 Å². The van der Waals surface area contributed by atoms with Crippen molar-refractivity contribution in [1.29, 1.82) is 0 Å². The van der Waals surface area contributed by atoms with E-state index in [1.807, 2.05) is 56.0 Å². The zero-order valence-electron chi connectivity index (χ0n) is 25.0. The number of nitrogens with zero attached hydrogens (tertiary/aromatic N) is 3. The minimum atomic E-state index is -0.720. The molecule has 0 spiro atoms. The number of piperidine rings is 1. The number of aliphatic hydroxyl groups is 1. The molecule has 41 heavy (non-hydrogen) atoms. The number of likely N-dealkylation sites (tertiary alicyclic amines) is 2. The highest BCUT2D eigenvalue weighted by atomic mass is 16.3. The third-order valence-corrected chi connectivity index (χ3v) is 9.33. The Balaban J connectivity index is 1.30. The highest BCUT2D eigenvalue weighted by Gasteiger charge is 2.43. The summed E-state index contributed by atoms with van der Waals surface area (Å²) in [6.07, 6.45) is 10.8. The highest BCUT2D eigenvalue weighted by molar-refractivity contribution is 5.83. The summed E-state index contributed by atoms with van der Waals surface area (Å²) in [6, 6.07) is 14.1. The predicted molar refractivity (Wildman–Crippen MR) is 161 cm³/mol. The summed E-state index contributed by atoms with van der Waals surface area (Å²) in [6.45, 7) is 7.60. The summed E-state index contributed by atoms with van der Waals surface area (Å²) in [4.78, 5) is 35.5. The largest absolute Gasteiger partial charge is 0.390 e. The Morgan fingerprint density at radius 2 is 1.66 bits per heavy atom. The van der Waals surface area contributed by atoms with Crippen LogP contribution in [0.1, 0.15) is 70.4 Å². The van der Waals surface area contributed by atoms with Crippen molar-refractivity contribution in [3.8, 4) is 0 Å². The van der Waals surface area contributed by atoms with Gasteiger partial charge in [0.25, 0.3) is 0 Å². The SMILES string of the molecule is CC(C)(C)NC(=O)C1C[C@@H]2CCCC[C@@H]2CN1CC(O)CN1C(=O)C(Cc2ccncc2)C[C@@H]1Cc1ccccc1. The second-order valence-corrected chi connectivity index (χ2v) is 13.7.